The van der Waals surface area contributed by atoms with Gasteiger partial charge in [0.05, 0.1) is 0 Å². The Bertz CT molecular complexity index is 755. The van der Waals surface area contributed by atoms with Gasteiger partial charge in [0.15, 0.2) is 0 Å². The second-order valence-corrected chi connectivity index (χ2v) is 7.07. The summed E-state index contributed by atoms with van der Waals surface area (Å²) in [6.45, 7) is 24.0. The van der Waals surface area contributed by atoms with Crippen molar-refractivity contribution in [2.75, 3.05) is 39.9 Å². The molecule has 0 spiro atoms. The van der Waals surface area contributed by atoms with Crippen molar-refractivity contribution >= 4 is 41.2 Å². The van der Waals surface area contributed by atoms with Gasteiger partial charge < -0.3 is 31.5 Å². The SMILES string of the molecule is CC.CC.CC.CC.CC.CC.CN.CNC.CS.CSC.Oc1ccccc1.Oc1ccccc1.Oc1ccccc1.Oc1ccccc1.[B].[B]. The molecule has 0 fully saturated rings. The largest absolute Gasteiger partial charge is 0.508 e. The molecule has 6 radical (unpaired) electrons. The van der Waals surface area contributed by atoms with Crippen LogP contribution >= 0.6 is 24.4 Å². The zero-order chi connectivity index (χ0) is 41.9. The Morgan fingerprint density at radius 2 is 0.462 bits per heavy atom. The van der Waals surface area contributed by atoms with Crippen LogP contribution in [0.1, 0.15) is 83.1 Å². The number of nitrogens with two attached hydrogens (primary N) is 1. The normalized spacial score (nSPS) is 6.23. The Morgan fingerprint density at radius 3 is 0.500 bits per heavy atom. The van der Waals surface area contributed by atoms with E-state index in [4.69, 9.17) is 20.4 Å². The van der Waals surface area contributed by atoms with E-state index >= 15 is 0 Å². The van der Waals surface area contributed by atoms with Crippen molar-refractivity contribution in [1.82, 2.24) is 5.32 Å². The Hall–Kier alpha value is -3.17. The minimum Gasteiger partial charge on any atom is -0.508 e. The summed E-state index contributed by atoms with van der Waals surface area (Å²) in [5.41, 5.74) is 4.50. The van der Waals surface area contributed by atoms with Gasteiger partial charge in [0.2, 0.25) is 0 Å². The van der Waals surface area contributed by atoms with E-state index in [-0.39, 0.29) is 16.8 Å². The molecule has 7 N–H and O–H groups in total. The predicted molar refractivity (Wildman–Crippen MR) is 251 cm³/mol. The third-order valence-electron chi connectivity index (χ3n) is 3.02. The van der Waals surface area contributed by atoms with Crippen molar-refractivity contribution in [3.63, 3.8) is 0 Å². The summed E-state index contributed by atoms with van der Waals surface area (Å²) in [5.74, 6) is 1.29. The number of hydrogen-bond donors (Lipinski definition) is 7. The van der Waals surface area contributed by atoms with Gasteiger partial charge in [0.1, 0.15) is 23.0 Å². The molecule has 302 valence electrons. The maximum atomic E-state index is 8.63. The highest BCUT2D eigenvalue weighted by Crippen LogP contribution is 2.04. The maximum Gasteiger partial charge on any atom is 0.115 e. The van der Waals surface area contributed by atoms with Crippen LogP contribution < -0.4 is 11.1 Å². The molecular formula is C42H82B2N2O4S2. The number of rotatable bonds is 0. The summed E-state index contributed by atoms with van der Waals surface area (Å²) in [6.07, 6.45) is 5.78. The van der Waals surface area contributed by atoms with E-state index in [1.54, 1.807) is 115 Å². The van der Waals surface area contributed by atoms with Crippen LogP contribution in [-0.2, 0) is 0 Å². The van der Waals surface area contributed by atoms with Gasteiger partial charge in [-0.15, -0.1) is 0 Å². The Morgan fingerprint density at radius 1 is 0.385 bits per heavy atom. The molecule has 0 saturated carbocycles. The zero-order valence-electron chi connectivity index (χ0n) is 36.4. The van der Waals surface area contributed by atoms with Gasteiger partial charge in [-0.25, -0.2) is 0 Å². The molecule has 0 aliphatic carbocycles. The summed E-state index contributed by atoms with van der Waals surface area (Å²) in [7, 11) is 5.25. The van der Waals surface area contributed by atoms with Crippen molar-refractivity contribution in [3.8, 4) is 23.0 Å². The van der Waals surface area contributed by atoms with Gasteiger partial charge in [-0.2, -0.15) is 24.4 Å². The fourth-order valence-corrected chi connectivity index (χ4v) is 1.71. The number of nitrogens with one attached hydrogen (secondary N) is 1. The minimum absolute atomic E-state index is 0. The quantitative estimate of drug-likeness (QED) is 0.0704. The number of phenolic OH excluding ortho intramolecular Hbond substituents is 4. The number of thioether (sulfide) groups is 1. The van der Waals surface area contributed by atoms with Gasteiger partial charge in [-0.3, -0.25) is 0 Å². The molecule has 10 heteroatoms. The predicted octanol–water partition coefficient (Wildman–Crippen LogP) is 11.9. The topological polar surface area (TPSA) is 119 Å². The first-order valence-corrected chi connectivity index (χ1v) is 19.9. The average molecular weight is 765 g/mol. The van der Waals surface area contributed by atoms with Gasteiger partial charge in [0.25, 0.3) is 0 Å². The van der Waals surface area contributed by atoms with E-state index in [1.807, 2.05) is 134 Å². The Labute approximate surface area is 338 Å². The van der Waals surface area contributed by atoms with E-state index < -0.39 is 0 Å². The summed E-state index contributed by atoms with van der Waals surface area (Å²) >= 11 is 5.28. The van der Waals surface area contributed by atoms with E-state index in [0.717, 1.165) is 0 Å². The van der Waals surface area contributed by atoms with Crippen LogP contribution in [0.25, 0.3) is 0 Å². The van der Waals surface area contributed by atoms with Gasteiger partial charge in [-0.1, -0.05) is 156 Å². The Kier molecular flexibility index (Phi) is 175. The van der Waals surface area contributed by atoms with Crippen LogP contribution in [0.2, 0.25) is 0 Å². The maximum absolute atomic E-state index is 8.63. The number of aromatic hydroxyl groups is 4. The number of benzene rings is 4. The first-order valence-electron chi connectivity index (χ1n) is 17.4. The van der Waals surface area contributed by atoms with Gasteiger partial charge >= 0.3 is 0 Å². The van der Waals surface area contributed by atoms with Crippen molar-refractivity contribution in [2.45, 2.75) is 83.1 Å². The summed E-state index contributed by atoms with van der Waals surface area (Å²) in [5, 5.41) is 37.3. The molecule has 0 bridgehead atoms. The number of para-hydroxylation sites is 4. The van der Waals surface area contributed by atoms with Crippen molar-refractivity contribution < 1.29 is 20.4 Å². The van der Waals surface area contributed by atoms with Crippen LogP contribution in [0.5, 0.6) is 23.0 Å². The fraction of sp³-hybridized carbons (Fsp3) is 0.429. The molecular weight excluding hydrogens is 682 g/mol. The van der Waals surface area contributed by atoms with Crippen LogP contribution in [0.3, 0.4) is 0 Å². The highest BCUT2D eigenvalue weighted by molar-refractivity contribution is 7.97. The standard InChI is InChI=1S/4C6H6O.C2H7N.C2H6S.6C2H6.CH5N.CH4S.2B/c4*7-6-4-2-1-3-5-6;2*1-3-2;8*1-2;;/h4*1-5,7H;3H,1-2H3;1-2H3;6*1-2H3;2H2,1H3;2H,1H3;;. The Balaban J connectivity index is -0.0000000346. The monoisotopic (exact) mass is 765 g/mol. The summed E-state index contributed by atoms with van der Waals surface area (Å²) in [6, 6.07) is 34.9. The smallest absolute Gasteiger partial charge is 0.115 e. The lowest BCUT2D eigenvalue weighted by molar-refractivity contribution is 0.475. The number of thiol groups is 1. The molecule has 0 aliphatic rings. The molecule has 0 aromatic heterocycles. The van der Waals surface area contributed by atoms with E-state index in [0.29, 0.717) is 23.0 Å². The highest BCUT2D eigenvalue weighted by atomic mass is 32.2. The van der Waals surface area contributed by atoms with Crippen LogP contribution in [0.4, 0.5) is 0 Å². The molecule has 4 rings (SSSR count). The molecule has 0 aliphatic heterocycles. The van der Waals surface area contributed by atoms with Crippen LogP contribution in [0.15, 0.2) is 121 Å². The fourth-order valence-electron chi connectivity index (χ4n) is 1.71. The van der Waals surface area contributed by atoms with Crippen LogP contribution in [0, 0.1) is 0 Å². The molecule has 0 atom stereocenters. The van der Waals surface area contributed by atoms with E-state index in [2.05, 4.69) is 23.7 Å². The average Bonchev–Trinajstić information content (AvgIpc) is 3.21. The third-order valence-corrected chi connectivity index (χ3v) is 3.02. The molecule has 6 nitrogen and oxygen atoms in total. The van der Waals surface area contributed by atoms with Crippen molar-refractivity contribution in [1.29, 1.82) is 0 Å². The molecule has 4 aromatic carbocycles. The second kappa shape index (κ2) is 110. The number of phenols is 4. The lowest BCUT2D eigenvalue weighted by atomic mass is 10.3. The highest BCUT2D eigenvalue weighted by Gasteiger charge is 1.76. The van der Waals surface area contributed by atoms with Crippen LogP contribution in [-0.4, -0.2) is 77.2 Å². The summed E-state index contributed by atoms with van der Waals surface area (Å²) < 4.78 is 0. The van der Waals surface area contributed by atoms with E-state index in [1.165, 1.54) is 7.05 Å². The first kappa shape index (κ1) is 82.4. The molecule has 0 saturated heterocycles. The summed E-state index contributed by atoms with van der Waals surface area (Å²) in [4.78, 5) is 0. The zero-order valence-corrected chi connectivity index (χ0v) is 38.1. The minimum atomic E-state index is 0. The number of hydrogen-bond acceptors (Lipinski definition) is 8. The molecule has 0 amide bonds. The van der Waals surface area contributed by atoms with Crippen molar-refractivity contribution in [2.24, 2.45) is 5.73 Å². The van der Waals surface area contributed by atoms with Crippen molar-refractivity contribution in [3.05, 3.63) is 121 Å². The van der Waals surface area contributed by atoms with Gasteiger partial charge in [-0.05, 0) is 88.4 Å². The van der Waals surface area contributed by atoms with Gasteiger partial charge in [0, 0.05) is 16.8 Å². The second-order valence-electron chi connectivity index (χ2n) is 6.25. The molecule has 0 unspecified atom stereocenters. The molecule has 4 aromatic rings. The molecule has 0 heterocycles. The lowest BCUT2D eigenvalue weighted by Crippen LogP contribution is -1.89. The molecule has 52 heavy (non-hydrogen) atoms. The first-order chi connectivity index (χ1) is 24.4. The third kappa shape index (κ3) is 118. The lowest BCUT2D eigenvalue weighted by Gasteiger charge is -1.82. The van der Waals surface area contributed by atoms with E-state index in [9.17, 15) is 0 Å².